The molecular formula is C16H11BrClN3O2S. The van der Waals surface area contributed by atoms with Crippen molar-refractivity contribution < 1.29 is 9.21 Å². The molecule has 0 aliphatic rings. The molecule has 5 nitrogen and oxygen atoms in total. The van der Waals surface area contributed by atoms with Gasteiger partial charge in [-0.15, -0.1) is 10.2 Å². The third-order valence-electron chi connectivity index (χ3n) is 2.97. The first-order valence-electron chi connectivity index (χ1n) is 6.88. The smallest absolute Gasteiger partial charge is 0.277 e. The van der Waals surface area contributed by atoms with Gasteiger partial charge in [0.05, 0.1) is 11.3 Å². The summed E-state index contributed by atoms with van der Waals surface area (Å²) >= 11 is 10.4. The molecule has 1 aromatic heterocycles. The van der Waals surface area contributed by atoms with Gasteiger partial charge < -0.3 is 9.73 Å². The number of nitrogens with zero attached hydrogens (tertiary/aromatic N) is 2. The minimum absolute atomic E-state index is 0.164. The molecule has 0 radical (unpaired) electrons. The van der Waals surface area contributed by atoms with Gasteiger partial charge in [0.2, 0.25) is 11.8 Å². The molecule has 8 heteroatoms. The Bertz CT molecular complexity index is 855. The highest BCUT2D eigenvalue weighted by molar-refractivity contribution is 9.10. The van der Waals surface area contributed by atoms with Crippen LogP contribution >= 0.6 is 39.3 Å². The van der Waals surface area contributed by atoms with Gasteiger partial charge in [0.1, 0.15) is 0 Å². The average molecular weight is 425 g/mol. The number of anilines is 1. The number of rotatable bonds is 5. The Kier molecular flexibility index (Phi) is 5.55. The number of benzene rings is 2. The van der Waals surface area contributed by atoms with E-state index < -0.39 is 0 Å². The summed E-state index contributed by atoms with van der Waals surface area (Å²) in [5.41, 5.74) is 1.49. The lowest BCUT2D eigenvalue weighted by molar-refractivity contribution is -0.113. The highest BCUT2D eigenvalue weighted by atomic mass is 79.9. The summed E-state index contributed by atoms with van der Waals surface area (Å²) in [4.78, 5) is 11.9. The van der Waals surface area contributed by atoms with Crippen LogP contribution in [-0.4, -0.2) is 21.9 Å². The average Bonchev–Trinajstić information content (AvgIpc) is 3.04. The van der Waals surface area contributed by atoms with Gasteiger partial charge >= 0.3 is 0 Å². The third-order valence-corrected chi connectivity index (χ3v) is 4.73. The molecule has 24 heavy (non-hydrogen) atoms. The standard InChI is InChI=1S/C16H11BrClN3O2S/c17-13-4-2-1-3-12(13)15-20-21-16(23-15)24-9-14(22)19-11-7-5-10(18)6-8-11/h1-8H,9H2,(H,19,22). The fourth-order valence-electron chi connectivity index (χ4n) is 1.87. The van der Waals surface area contributed by atoms with Gasteiger partial charge in [0, 0.05) is 15.2 Å². The first kappa shape index (κ1) is 17.0. The Labute approximate surface area is 155 Å². The second-order valence-electron chi connectivity index (χ2n) is 4.70. The van der Waals surface area contributed by atoms with E-state index in [1.807, 2.05) is 24.3 Å². The lowest BCUT2D eigenvalue weighted by atomic mass is 10.2. The zero-order valence-electron chi connectivity index (χ0n) is 12.2. The first-order valence-corrected chi connectivity index (χ1v) is 9.04. The van der Waals surface area contributed by atoms with E-state index in [9.17, 15) is 4.79 Å². The number of nitrogens with one attached hydrogen (secondary N) is 1. The zero-order chi connectivity index (χ0) is 16.9. The fraction of sp³-hybridized carbons (Fsp3) is 0.0625. The van der Waals surface area contributed by atoms with E-state index in [2.05, 4.69) is 31.4 Å². The Morgan fingerprint density at radius 1 is 1.17 bits per heavy atom. The van der Waals surface area contributed by atoms with Crippen molar-refractivity contribution in [2.24, 2.45) is 0 Å². The molecule has 0 saturated carbocycles. The molecule has 122 valence electrons. The number of halogens is 2. The zero-order valence-corrected chi connectivity index (χ0v) is 15.4. The molecule has 0 aliphatic heterocycles. The summed E-state index contributed by atoms with van der Waals surface area (Å²) in [5.74, 6) is 0.409. The summed E-state index contributed by atoms with van der Waals surface area (Å²) in [6.45, 7) is 0. The molecule has 3 rings (SSSR count). The minimum atomic E-state index is -0.164. The largest absolute Gasteiger partial charge is 0.411 e. The predicted octanol–water partition coefficient (Wildman–Crippen LogP) is 4.88. The van der Waals surface area contributed by atoms with Gasteiger partial charge in [0.25, 0.3) is 5.22 Å². The van der Waals surface area contributed by atoms with Crippen molar-refractivity contribution in [1.82, 2.24) is 10.2 Å². The van der Waals surface area contributed by atoms with Gasteiger partial charge in [0.15, 0.2) is 0 Å². The molecule has 0 aliphatic carbocycles. The molecule has 0 bridgehead atoms. The molecule has 2 aromatic carbocycles. The lowest BCUT2D eigenvalue weighted by Gasteiger charge is -2.03. The van der Waals surface area contributed by atoms with E-state index in [1.165, 1.54) is 11.8 Å². The monoisotopic (exact) mass is 423 g/mol. The van der Waals surface area contributed by atoms with Crippen LogP contribution < -0.4 is 5.32 Å². The van der Waals surface area contributed by atoms with Gasteiger partial charge in [-0.1, -0.05) is 35.5 Å². The summed E-state index contributed by atoms with van der Waals surface area (Å²) in [7, 11) is 0. The predicted molar refractivity (Wildman–Crippen MR) is 98.2 cm³/mol. The number of hydrogen-bond acceptors (Lipinski definition) is 5. The molecular weight excluding hydrogens is 414 g/mol. The molecule has 1 amide bonds. The van der Waals surface area contributed by atoms with Crippen LogP contribution in [-0.2, 0) is 4.79 Å². The normalized spacial score (nSPS) is 10.6. The van der Waals surface area contributed by atoms with Crippen molar-refractivity contribution in [2.45, 2.75) is 5.22 Å². The van der Waals surface area contributed by atoms with Crippen LogP contribution in [0.5, 0.6) is 0 Å². The summed E-state index contributed by atoms with van der Waals surface area (Å²) in [5, 5.41) is 11.7. The van der Waals surface area contributed by atoms with Gasteiger partial charge in [-0.3, -0.25) is 4.79 Å². The molecule has 1 heterocycles. The third kappa shape index (κ3) is 4.37. The Morgan fingerprint density at radius 3 is 2.67 bits per heavy atom. The molecule has 0 spiro atoms. The number of carbonyl (C=O) groups is 1. The molecule has 1 N–H and O–H groups in total. The van der Waals surface area contributed by atoms with Crippen LogP contribution in [0.15, 0.2) is 62.6 Å². The quantitative estimate of drug-likeness (QED) is 0.591. The number of carbonyl (C=O) groups excluding carboxylic acids is 1. The van der Waals surface area contributed by atoms with E-state index in [-0.39, 0.29) is 11.7 Å². The van der Waals surface area contributed by atoms with Crippen molar-refractivity contribution >= 4 is 50.9 Å². The second kappa shape index (κ2) is 7.83. The van der Waals surface area contributed by atoms with Crippen LogP contribution in [0.25, 0.3) is 11.5 Å². The van der Waals surface area contributed by atoms with Crippen LogP contribution in [0.3, 0.4) is 0 Å². The summed E-state index contributed by atoms with van der Waals surface area (Å²) < 4.78 is 6.45. The molecule has 3 aromatic rings. The maximum absolute atomic E-state index is 11.9. The van der Waals surface area contributed by atoms with Crippen molar-refractivity contribution in [1.29, 1.82) is 0 Å². The summed E-state index contributed by atoms with van der Waals surface area (Å²) in [6.07, 6.45) is 0. The van der Waals surface area contributed by atoms with E-state index >= 15 is 0 Å². The van der Waals surface area contributed by atoms with Gasteiger partial charge in [-0.05, 0) is 52.3 Å². The minimum Gasteiger partial charge on any atom is -0.411 e. The van der Waals surface area contributed by atoms with Gasteiger partial charge in [-0.25, -0.2) is 0 Å². The Hall–Kier alpha value is -1.83. The van der Waals surface area contributed by atoms with Crippen molar-refractivity contribution in [3.8, 4) is 11.5 Å². The fourth-order valence-corrected chi connectivity index (χ4v) is 3.01. The second-order valence-corrected chi connectivity index (χ2v) is 6.91. The van der Waals surface area contributed by atoms with Crippen molar-refractivity contribution in [2.75, 3.05) is 11.1 Å². The molecule has 0 unspecified atom stereocenters. The van der Waals surface area contributed by atoms with Gasteiger partial charge in [-0.2, -0.15) is 0 Å². The number of amides is 1. The molecule has 0 fully saturated rings. The Morgan fingerprint density at radius 2 is 1.92 bits per heavy atom. The number of hydrogen-bond donors (Lipinski definition) is 1. The first-order chi connectivity index (χ1) is 11.6. The molecule has 0 saturated heterocycles. The lowest BCUT2D eigenvalue weighted by Crippen LogP contribution is -2.13. The maximum atomic E-state index is 11.9. The highest BCUT2D eigenvalue weighted by Gasteiger charge is 2.13. The van der Waals surface area contributed by atoms with E-state index in [0.717, 1.165) is 10.0 Å². The SMILES string of the molecule is O=C(CSc1nnc(-c2ccccc2Br)o1)Nc1ccc(Cl)cc1. The number of aromatic nitrogens is 2. The van der Waals surface area contributed by atoms with Crippen molar-refractivity contribution in [3.63, 3.8) is 0 Å². The number of thioether (sulfide) groups is 1. The Balaban J connectivity index is 1.58. The van der Waals surface area contributed by atoms with Crippen LogP contribution in [0.2, 0.25) is 5.02 Å². The van der Waals surface area contributed by atoms with Crippen molar-refractivity contribution in [3.05, 3.63) is 58.0 Å². The highest BCUT2D eigenvalue weighted by Crippen LogP contribution is 2.29. The van der Waals surface area contributed by atoms with E-state index in [1.54, 1.807) is 24.3 Å². The van der Waals surface area contributed by atoms with E-state index in [0.29, 0.717) is 21.8 Å². The van der Waals surface area contributed by atoms with E-state index in [4.69, 9.17) is 16.0 Å². The maximum Gasteiger partial charge on any atom is 0.277 e. The van der Waals surface area contributed by atoms with Crippen LogP contribution in [0, 0.1) is 0 Å². The molecule has 0 atom stereocenters. The topological polar surface area (TPSA) is 68.0 Å². The van der Waals surface area contributed by atoms with Crippen LogP contribution in [0.1, 0.15) is 0 Å². The van der Waals surface area contributed by atoms with Crippen LogP contribution in [0.4, 0.5) is 5.69 Å². The summed E-state index contributed by atoms with van der Waals surface area (Å²) in [6, 6.07) is 14.5.